The highest BCUT2D eigenvalue weighted by atomic mass is 35.5. The smallest absolute Gasteiger partial charge is 0.125 e. The quantitative estimate of drug-likeness (QED) is 0.780. The highest BCUT2D eigenvalue weighted by molar-refractivity contribution is 6.31. The van der Waals surface area contributed by atoms with Gasteiger partial charge in [0.25, 0.3) is 0 Å². The van der Waals surface area contributed by atoms with Gasteiger partial charge in [-0.05, 0) is 12.1 Å². The van der Waals surface area contributed by atoms with Gasteiger partial charge in [-0.2, -0.15) is 0 Å². The van der Waals surface area contributed by atoms with Crippen molar-refractivity contribution in [1.29, 1.82) is 0 Å². The van der Waals surface area contributed by atoms with Crippen LogP contribution in [0.4, 0.5) is 0 Å². The number of halogens is 1. The first-order valence-electron chi connectivity index (χ1n) is 6.52. The summed E-state index contributed by atoms with van der Waals surface area (Å²) >= 11 is 6.25. The molecule has 1 saturated heterocycles. The van der Waals surface area contributed by atoms with E-state index >= 15 is 0 Å². The Hall–Kier alpha value is -0.810. The first kappa shape index (κ1) is 14.6. The zero-order valence-electron chi connectivity index (χ0n) is 11.2. The molecule has 1 aliphatic heterocycles. The normalized spacial score (nSPS) is 18.7. The zero-order chi connectivity index (χ0) is 13.5. The number of methoxy groups -OCH3 is 1. The average molecular weight is 286 g/mol. The molecule has 0 saturated carbocycles. The molecule has 1 fully saturated rings. The summed E-state index contributed by atoms with van der Waals surface area (Å²) in [5.74, 6) is 0.841. The standard InChI is InChI=1S/C14H20ClNO3/c1-17-8-6-16-9-12-13(15)3-2-4-14(12)19-11-5-7-18-10-11/h2-4,11,16H,5-10H2,1H3. The lowest BCUT2D eigenvalue weighted by Gasteiger charge is -2.17. The highest BCUT2D eigenvalue weighted by Gasteiger charge is 2.19. The Labute approximate surface area is 119 Å². The Kier molecular flexibility index (Phi) is 5.92. The fourth-order valence-electron chi connectivity index (χ4n) is 1.99. The van der Waals surface area contributed by atoms with Crippen molar-refractivity contribution >= 4 is 11.6 Å². The first-order chi connectivity index (χ1) is 9.31. The van der Waals surface area contributed by atoms with Crippen molar-refractivity contribution in [1.82, 2.24) is 5.32 Å². The summed E-state index contributed by atoms with van der Waals surface area (Å²) in [6.45, 7) is 3.56. The summed E-state index contributed by atoms with van der Waals surface area (Å²) < 4.78 is 16.3. The molecule has 1 N–H and O–H groups in total. The third-order valence-electron chi connectivity index (χ3n) is 3.04. The van der Waals surface area contributed by atoms with E-state index in [1.807, 2.05) is 18.2 Å². The zero-order valence-corrected chi connectivity index (χ0v) is 11.9. The SMILES string of the molecule is COCCNCc1c(Cl)cccc1OC1CCOC1. The molecule has 1 atom stereocenters. The van der Waals surface area contributed by atoms with Crippen molar-refractivity contribution in [2.75, 3.05) is 33.5 Å². The van der Waals surface area contributed by atoms with E-state index in [2.05, 4.69) is 5.32 Å². The van der Waals surface area contributed by atoms with Crippen LogP contribution < -0.4 is 10.1 Å². The van der Waals surface area contributed by atoms with Crippen LogP contribution in [0, 0.1) is 0 Å². The van der Waals surface area contributed by atoms with Crippen LogP contribution in [-0.4, -0.2) is 39.6 Å². The summed E-state index contributed by atoms with van der Waals surface area (Å²) in [5, 5.41) is 4.01. The van der Waals surface area contributed by atoms with Gasteiger partial charge in [-0.3, -0.25) is 0 Å². The average Bonchev–Trinajstić information content (AvgIpc) is 2.90. The summed E-state index contributed by atoms with van der Waals surface area (Å²) in [6, 6.07) is 5.75. The van der Waals surface area contributed by atoms with Gasteiger partial charge < -0.3 is 19.5 Å². The molecule has 0 radical (unpaired) electrons. The number of benzene rings is 1. The van der Waals surface area contributed by atoms with Crippen molar-refractivity contribution in [3.05, 3.63) is 28.8 Å². The van der Waals surface area contributed by atoms with Crippen LogP contribution >= 0.6 is 11.6 Å². The van der Waals surface area contributed by atoms with E-state index in [0.29, 0.717) is 19.8 Å². The van der Waals surface area contributed by atoms with Gasteiger partial charge in [0.05, 0.1) is 19.8 Å². The number of nitrogens with one attached hydrogen (secondary N) is 1. The number of rotatable bonds is 7. The van der Waals surface area contributed by atoms with Gasteiger partial charge in [0.1, 0.15) is 11.9 Å². The molecule has 4 nitrogen and oxygen atoms in total. The third kappa shape index (κ3) is 4.35. The maximum absolute atomic E-state index is 6.25. The topological polar surface area (TPSA) is 39.7 Å². The van der Waals surface area contributed by atoms with Crippen molar-refractivity contribution in [2.45, 2.75) is 19.1 Å². The highest BCUT2D eigenvalue weighted by Crippen LogP contribution is 2.28. The van der Waals surface area contributed by atoms with Gasteiger partial charge >= 0.3 is 0 Å². The Morgan fingerprint density at radius 2 is 2.37 bits per heavy atom. The molecular formula is C14H20ClNO3. The van der Waals surface area contributed by atoms with Gasteiger partial charge in [-0.1, -0.05) is 17.7 Å². The second-order valence-corrected chi connectivity index (χ2v) is 4.90. The van der Waals surface area contributed by atoms with Crippen LogP contribution in [0.5, 0.6) is 5.75 Å². The number of ether oxygens (including phenoxy) is 3. The largest absolute Gasteiger partial charge is 0.488 e. The minimum absolute atomic E-state index is 0.135. The predicted molar refractivity (Wildman–Crippen MR) is 74.9 cm³/mol. The molecule has 19 heavy (non-hydrogen) atoms. The molecule has 1 aromatic carbocycles. The second-order valence-electron chi connectivity index (χ2n) is 4.49. The van der Waals surface area contributed by atoms with E-state index in [0.717, 1.165) is 35.9 Å². The van der Waals surface area contributed by atoms with Crippen LogP contribution in [-0.2, 0) is 16.0 Å². The van der Waals surface area contributed by atoms with Crippen LogP contribution in [0.25, 0.3) is 0 Å². The molecule has 106 valence electrons. The summed E-state index contributed by atoms with van der Waals surface area (Å²) in [6.07, 6.45) is 1.07. The predicted octanol–water partition coefficient (Wildman–Crippen LogP) is 2.24. The maximum atomic E-state index is 6.25. The molecule has 0 aromatic heterocycles. The molecule has 5 heteroatoms. The Balaban J connectivity index is 1.98. The molecule has 1 aliphatic rings. The minimum atomic E-state index is 0.135. The van der Waals surface area contributed by atoms with E-state index in [9.17, 15) is 0 Å². The Morgan fingerprint density at radius 3 is 3.11 bits per heavy atom. The molecule has 1 unspecified atom stereocenters. The molecule has 1 aromatic rings. The van der Waals surface area contributed by atoms with Crippen LogP contribution in [0.3, 0.4) is 0 Å². The van der Waals surface area contributed by atoms with Gasteiger partial charge in [0.15, 0.2) is 0 Å². The molecule has 0 amide bonds. The lowest BCUT2D eigenvalue weighted by atomic mass is 10.2. The van der Waals surface area contributed by atoms with Gasteiger partial charge in [0.2, 0.25) is 0 Å². The van der Waals surface area contributed by atoms with Crippen LogP contribution in [0.2, 0.25) is 5.02 Å². The first-order valence-corrected chi connectivity index (χ1v) is 6.90. The van der Waals surface area contributed by atoms with E-state index in [4.69, 9.17) is 25.8 Å². The summed E-state index contributed by atoms with van der Waals surface area (Å²) in [4.78, 5) is 0. The van der Waals surface area contributed by atoms with E-state index in [1.54, 1.807) is 7.11 Å². The van der Waals surface area contributed by atoms with Gasteiger partial charge in [0, 0.05) is 37.2 Å². The van der Waals surface area contributed by atoms with Gasteiger partial charge in [-0.15, -0.1) is 0 Å². The van der Waals surface area contributed by atoms with Crippen molar-refractivity contribution < 1.29 is 14.2 Å². The van der Waals surface area contributed by atoms with Crippen molar-refractivity contribution in [2.24, 2.45) is 0 Å². The van der Waals surface area contributed by atoms with Crippen LogP contribution in [0.15, 0.2) is 18.2 Å². The van der Waals surface area contributed by atoms with E-state index < -0.39 is 0 Å². The number of hydrogen-bond donors (Lipinski definition) is 1. The van der Waals surface area contributed by atoms with Crippen molar-refractivity contribution in [3.8, 4) is 5.75 Å². The number of hydrogen-bond acceptors (Lipinski definition) is 4. The molecule has 0 aliphatic carbocycles. The van der Waals surface area contributed by atoms with Gasteiger partial charge in [-0.25, -0.2) is 0 Å². The lowest BCUT2D eigenvalue weighted by Crippen LogP contribution is -2.21. The molecular weight excluding hydrogens is 266 g/mol. The monoisotopic (exact) mass is 285 g/mol. The lowest BCUT2D eigenvalue weighted by molar-refractivity contribution is 0.140. The fourth-order valence-corrected chi connectivity index (χ4v) is 2.23. The molecule has 0 bridgehead atoms. The fraction of sp³-hybridized carbons (Fsp3) is 0.571. The molecule has 2 rings (SSSR count). The van der Waals surface area contributed by atoms with Crippen LogP contribution in [0.1, 0.15) is 12.0 Å². The summed E-state index contributed by atoms with van der Waals surface area (Å²) in [5.41, 5.74) is 0.993. The Bertz CT molecular complexity index is 394. The maximum Gasteiger partial charge on any atom is 0.125 e. The molecule has 1 heterocycles. The summed E-state index contributed by atoms with van der Waals surface area (Å²) in [7, 11) is 1.69. The second kappa shape index (κ2) is 7.70. The minimum Gasteiger partial charge on any atom is -0.488 e. The van der Waals surface area contributed by atoms with E-state index in [1.165, 1.54) is 0 Å². The molecule has 0 spiro atoms. The van der Waals surface area contributed by atoms with E-state index in [-0.39, 0.29) is 6.10 Å². The van der Waals surface area contributed by atoms with Crippen molar-refractivity contribution in [3.63, 3.8) is 0 Å². The third-order valence-corrected chi connectivity index (χ3v) is 3.40. The Morgan fingerprint density at radius 1 is 1.47 bits per heavy atom.